The van der Waals surface area contributed by atoms with Gasteiger partial charge in [0.15, 0.2) is 0 Å². The highest BCUT2D eigenvalue weighted by Gasteiger charge is 2.07. The first kappa shape index (κ1) is 16.3. The minimum atomic E-state index is 0.356. The summed E-state index contributed by atoms with van der Waals surface area (Å²) in [5.74, 6) is 0.969. The molecule has 0 aromatic heterocycles. The molecule has 0 N–H and O–H groups in total. The molecule has 0 aliphatic heterocycles. The van der Waals surface area contributed by atoms with Crippen molar-refractivity contribution in [3.63, 3.8) is 0 Å². The van der Waals surface area contributed by atoms with Crippen LogP contribution >= 0.6 is 0 Å². The highest BCUT2D eigenvalue weighted by molar-refractivity contribution is 5.53. The molecule has 0 aliphatic rings. The first-order chi connectivity index (χ1) is 10.7. The Morgan fingerprint density at radius 1 is 1.09 bits per heavy atom. The van der Waals surface area contributed by atoms with Gasteiger partial charge in [-0.3, -0.25) is 4.99 Å². The highest BCUT2D eigenvalue weighted by Crippen LogP contribution is 2.22. The molecule has 0 aliphatic carbocycles. The van der Waals surface area contributed by atoms with Crippen molar-refractivity contribution < 1.29 is 4.74 Å². The molecule has 0 radical (unpaired) electrons. The maximum atomic E-state index is 6.00. The second-order valence-electron chi connectivity index (χ2n) is 5.55. The van der Waals surface area contributed by atoms with Crippen LogP contribution in [-0.4, -0.2) is 12.3 Å². The number of benzene rings is 2. The van der Waals surface area contributed by atoms with Gasteiger partial charge in [-0.2, -0.15) is 0 Å². The summed E-state index contributed by atoms with van der Waals surface area (Å²) in [6.07, 6.45) is 3.91. The SMILES string of the molecule is CC=NC(CC)Cc1ccc(C)c(OCc2ccccc2)c1. The van der Waals surface area contributed by atoms with Crippen LogP contribution in [0.1, 0.15) is 37.0 Å². The summed E-state index contributed by atoms with van der Waals surface area (Å²) in [6, 6.07) is 17.1. The zero-order valence-electron chi connectivity index (χ0n) is 13.8. The van der Waals surface area contributed by atoms with Gasteiger partial charge >= 0.3 is 0 Å². The van der Waals surface area contributed by atoms with E-state index in [1.807, 2.05) is 31.3 Å². The predicted octanol–water partition coefficient (Wildman–Crippen LogP) is 4.99. The summed E-state index contributed by atoms with van der Waals surface area (Å²) in [6.45, 7) is 6.85. The standard InChI is InChI=1S/C20H25NO/c1-4-19(21-5-2)13-18-12-11-16(3)20(14-18)22-15-17-9-7-6-8-10-17/h5-12,14,19H,4,13,15H2,1-3H3. The lowest BCUT2D eigenvalue weighted by molar-refractivity contribution is 0.303. The Bertz CT molecular complexity index is 604. The molecule has 2 nitrogen and oxygen atoms in total. The van der Waals surface area contributed by atoms with Crippen LogP contribution in [0.5, 0.6) is 5.75 Å². The van der Waals surface area contributed by atoms with Gasteiger partial charge in [0, 0.05) is 0 Å². The van der Waals surface area contributed by atoms with Crippen molar-refractivity contribution in [2.45, 2.75) is 46.3 Å². The lowest BCUT2D eigenvalue weighted by atomic mass is 10.0. The molecule has 2 aromatic rings. The zero-order valence-corrected chi connectivity index (χ0v) is 13.8. The summed E-state index contributed by atoms with van der Waals surface area (Å²) < 4.78 is 6.00. The predicted molar refractivity (Wildman–Crippen MR) is 93.9 cm³/mol. The molecule has 0 fully saturated rings. The van der Waals surface area contributed by atoms with E-state index in [0.29, 0.717) is 12.6 Å². The van der Waals surface area contributed by atoms with Gasteiger partial charge in [-0.25, -0.2) is 0 Å². The van der Waals surface area contributed by atoms with Crippen molar-refractivity contribution in [2.24, 2.45) is 4.99 Å². The fraction of sp³-hybridized carbons (Fsp3) is 0.350. The lowest BCUT2D eigenvalue weighted by Crippen LogP contribution is -2.07. The maximum Gasteiger partial charge on any atom is 0.122 e. The van der Waals surface area contributed by atoms with Gasteiger partial charge in [0.2, 0.25) is 0 Å². The number of nitrogens with zero attached hydrogens (tertiary/aromatic N) is 1. The summed E-state index contributed by atoms with van der Waals surface area (Å²) >= 11 is 0. The molecule has 2 aromatic carbocycles. The van der Waals surface area contributed by atoms with Crippen LogP contribution in [0.15, 0.2) is 53.5 Å². The van der Waals surface area contributed by atoms with Crippen LogP contribution in [0.25, 0.3) is 0 Å². The first-order valence-corrected chi connectivity index (χ1v) is 7.97. The molecular formula is C20H25NO. The third kappa shape index (κ3) is 4.73. The average Bonchev–Trinajstić information content (AvgIpc) is 2.55. The van der Waals surface area contributed by atoms with Crippen LogP contribution < -0.4 is 4.74 Å². The number of aliphatic imine (C=N–C) groups is 1. The molecule has 0 bridgehead atoms. The van der Waals surface area contributed by atoms with Gasteiger partial charge in [0.1, 0.15) is 12.4 Å². The Kier molecular flexibility index (Phi) is 6.20. The van der Waals surface area contributed by atoms with Crippen molar-refractivity contribution in [3.05, 3.63) is 65.2 Å². The molecule has 0 heterocycles. The fourth-order valence-corrected chi connectivity index (χ4v) is 2.45. The average molecular weight is 295 g/mol. The van der Waals surface area contributed by atoms with Crippen LogP contribution in [0, 0.1) is 6.92 Å². The summed E-state index contributed by atoms with van der Waals surface area (Å²) in [7, 11) is 0. The molecule has 0 amide bonds. The van der Waals surface area contributed by atoms with Crippen molar-refractivity contribution >= 4 is 6.21 Å². The minimum Gasteiger partial charge on any atom is -0.489 e. The van der Waals surface area contributed by atoms with Gasteiger partial charge in [0.05, 0.1) is 6.04 Å². The zero-order chi connectivity index (χ0) is 15.8. The van der Waals surface area contributed by atoms with E-state index in [9.17, 15) is 0 Å². The van der Waals surface area contributed by atoms with Crippen LogP contribution in [0.4, 0.5) is 0 Å². The van der Waals surface area contributed by atoms with Crippen LogP contribution in [0.2, 0.25) is 0 Å². The van der Waals surface area contributed by atoms with Gasteiger partial charge < -0.3 is 4.74 Å². The number of rotatable bonds is 7. The molecule has 0 saturated carbocycles. The van der Waals surface area contributed by atoms with E-state index in [1.54, 1.807) is 0 Å². The van der Waals surface area contributed by atoms with Gasteiger partial charge in [-0.15, -0.1) is 0 Å². The van der Waals surface area contributed by atoms with E-state index >= 15 is 0 Å². The quantitative estimate of drug-likeness (QED) is 0.660. The molecule has 116 valence electrons. The van der Waals surface area contributed by atoms with Crippen molar-refractivity contribution in [3.8, 4) is 5.75 Å². The number of aryl methyl sites for hydroxylation is 1. The smallest absolute Gasteiger partial charge is 0.122 e. The Morgan fingerprint density at radius 2 is 1.86 bits per heavy atom. The molecule has 1 atom stereocenters. The molecule has 2 heteroatoms. The molecular weight excluding hydrogens is 270 g/mol. The monoisotopic (exact) mass is 295 g/mol. The van der Waals surface area contributed by atoms with E-state index in [0.717, 1.165) is 18.6 Å². The number of ether oxygens (including phenoxy) is 1. The minimum absolute atomic E-state index is 0.356. The van der Waals surface area contributed by atoms with Crippen LogP contribution in [-0.2, 0) is 13.0 Å². The molecule has 1 unspecified atom stereocenters. The Balaban J connectivity index is 2.06. The van der Waals surface area contributed by atoms with E-state index < -0.39 is 0 Å². The normalized spacial score (nSPS) is 12.5. The van der Waals surface area contributed by atoms with Crippen LogP contribution in [0.3, 0.4) is 0 Å². The summed E-state index contributed by atoms with van der Waals surface area (Å²) in [5.41, 5.74) is 3.65. The molecule has 2 rings (SSSR count). The third-order valence-corrected chi connectivity index (χ3v) is 3.79. The Labute approximate surface area is 133 Å². The topological polar surface area (TPSA) is 21.6 Å². The van der Waals surface area contributed by atoms with E-state index in [-0.39, 0.29) is 0 Å². The van der Waals surface area contributed by atoms with Gasteiger partial charge in [0.25, 0.3) is 0 Å². The van der Waals surface area contributed by atoms with Gasteiger partial charge in [-0.1, -0.05) is 49.4 Å². The molecule has 0 spiro atoms. The largest absolute Gasteiger partial charge is 0.489 e. The number of hydrogen-bond donors (Lipinski definition) is 0. The van der Waals surface area contributed by atoms with Gasteiger partial charge in [-0.05, 0) is 55.7 Å². The third-order valence-electron chi connectivity index (χ3n) is 3.79. The maximum absolute atomic E-state index is 6.00. The second-order valence-corrected chi connectivity index (χ2v) is 5.55. The Hall–Kier alpha value is -2.09. The van der Waals surface area contributed by atoms with Crippen molar-refractivity contribution in [1.82, 2.24) is 0 Å². The first-order valence-electron chi connectivity index (χ1n) is 7.97. The van der Waals surface area contributed by atoms with Crippen molar-refractivity contribution in [1.29, 1.82) is 0 Å². The fourth-order valence-electron chi connectivity index (χ4n) is 2.45. The molecule has 22 heavy (non-hydrogen) atoms. The van der Waals surface area contributed by atoms with E-state index in [4.69, 9.17) is 4.74 Å². The summed E-state index contributed by atoms with van der Waals surface area (Å²) in [4.78, 5) is 4.52. The molecule has 0 saturated heterocycles. The lowest BCUT2D eigenvalue weighted by Gasteiger charge is -2.14. The van der Waals surface area contributed by atoms with E-state index in [2.05, 4.69) is 49.2 Å². The Morgan fingerprint density at radius 3 is 2.55 bits per heavy atom. The van der Waals surface area contributed by atoms with Crippen molar-refractivity contribution in [2.75, 3.05) is 0 Å². The summed E-state index contributed by atoms with van der Waals surface area (Å²) in [5, 5.41) is 0. The number of hydrogen-bond acceptors (Lipinski definition) is 2. The van der Waals surface area contributed by atoms with E-state index in [1.165, 1.54) is 16.7 Å². The second kappa shape index (κ2) is 8.38. The highest BCUT2D eigenvalue weighted by atomic mass is 16.5.